The largest absolute Gasteiger partial charge is 0.481 e. The number of hydrogen-bond donors (Lipinski definition) is 3. The van der Waals surface area contributed by atoms with Crippen LogP contribution in [0.5, 0.6) is 0 Å². The van der Waals surface area contributed by atoms with Crippen molar-refractivity contribution in [1.82, 2.24) is 10.3 Å². The van der Waals surface area contributed by atoms with Crippen LogP contribution in [0.4, 0.5) is 0 Å². The highest BCUT2D eigenvalue weighted by Gasteiger charge is 2.24. The molecule has 1 amide bonds. The molecular weight excluding hydrogens is 272 g/mol. The normalized spacial score (nSPS) is 11.6. The van der Waals surface area contributed by atoms with Gasteiger partial charge in [-0.1, -0.05) is 0 Å². The molecule has 1 rings (SSSR count). The number of thioether (sulfide) groups is 1. The number of hydrogen-bond acceptors (Lipinski definition) is 5. The number of carboxylic acids is 2. The van der Waals surface area contributed by atoms with E-state index in [4.69, 9.17) is 10.2 Å². The van der Waals surface area contributed by atoms with E-state index in [-0.39, 0.29) is 5.56 Å². The molecule has 7 nitrogen and oxygen atoms in total. The van der Waals surface area contributed by atoms with Gasteiger partial charge in [0.15, 0.2) is 0 Å². The summed E-state index contributed by atoms with van der Waals surface area (Å²) in [5.41, 5.74) is 0.214. The Hall–Kier alpha value is -2.09. The number of aliphatic carboxylic acids is 2. The van der Waals surface area contributed by atoms with Crippen LogP contribution in [0.25, 0.3) is 0 Å². The van der Waals surface area contributed by atoms with Crippen LogP contribution >= 0.6 is 11.8 Å². The molecule has 0 aliphatic heterocycles. The Balaban J connectivity index is 2.87. The number of aromatic nitrogens is 1. The highest BCUT2D eigenvalue weighted by molar-refractivity contribution is 7.98. The number of carbonyl (C=O) groups is 3. The van der Waals surface area contributed by atoms with E-state index in [0.29, 0.717) is 5.03 Å². The Kier molecular flexibility index (Phi) is 5.31. The summed E-state index contributed by atoms with van der Waals surface area (Å²) in [4.78, 5) is 37.3. The van der Waals surface area contributed by atoms with Gasteiger partial charge < -0.3 is 15.5 Å². The van der Waals surface area contributed by atoms with Gasteiger partial charge in [0.1, 0.15) is 11.1 Å². The molecule has 0 radical (unpaired) electrons. The highest BCUT2D eigenvalue weighted by atomic mass is 32.2. The van der Waals surface area contributed by atoms with E-state index in [1.54, 1.807) is 12.3 Å². The second-order valence-electron chi connectivity index (χ2n) is 3.52. The predicted octanol–water partition coefficient (Wildman–Crippen LogP) is 0.461. The minimum atomic E-state index is -1.47. The molecule has 8 heteroatoms. The zero-order chi connectivity index (χ0) is 14.4. The van der Waals surface area contributed by atoms with E-state index in [0.717, 1.165) is 0 Å². The zero-order valence-corrected chi connectivity index (χ0v) is 10.8. The summed E-state index contributed by atoms with van der Waals surface area (Å²) >= 11 is 1.24. The Labute approximate surface area is 113 Å². The van der Waals surface area contributed by atoms with Crippen LogP contribution in [0.3, 0.4) is 0 Å². The van der Waals surface area contributed by atoms with Gasteiger partial charge in [0.2, 0.25) is 0 Å². The van der Waals surface area contributed by atoms with Crippen molar-refractivity contribution in [2.24, 2.45) is 0 Å². The first-order valence-corrected chi connectivity index (χ1v) is 6.42. The smallest absolute Gasteiger partial charge is 0.326 e. The van der Waals surface area contributed by atoms with Crippen molar-refractivity contribution in [3.63, 3.8) is 0 Å². The van der Waals surface area contributed by atoms with Crippen LogP contribution in [0, 0.1) is 0 Å². The van der Waals surface area contributed by atoms with Crippen LogP contribution in [-0.2, 0) is 9.59 Å². The summed E-state index contributed by atoms with van der Waals surface area (Å²) in [6, 6.07) is 1.56. The lowest BCUT2D eigenvalue weighted by Crippen LogP contribution is -2.42. The standard InChI is InChI=1S/C11H12N2O5S/c1-19-10-6(3-2-4-12-10)9(16)13-7(11(17)18)5-8(14)15/h2-4,7H,5H2,1H3,(H,13,16)(H,14,15)(H,17,18). The molecule has 0 aliphatic rings. The van der Waals surface area contributed by atoms with E-state index in [9.17, 15) is 14.4 Å². The molecule has 0 bridgehead atoms. The third-order valence-corrected chi connectivity index (χ3v) is 2.90. The number of carbonyl (C=O) groups excluding carboxylic acids is 1. The van der Waals surface area contributed by atoms with Gasteiger partial charge in [-0.05, 0) is 18.4 Å². The van der Waals surface area contributed by atoms with Crippen molar-refractivity contribution in [1.29, 1.82) is 0 Å². The lowest BCUT2D eigenvalue weighted by atomic mass is 10.2. The first-order valence-electron chi connectivity index (χ1n) is 5.20. The van der Waals surface area contributed by atoms with Crippen LogP contribution in [0.15, 0.2) is 23.4 Å². The lowest BCUT2D eigenvalue weighted by molar-refractivity contribution is -0.145. The molecule has 19 heavy (non-hydrogen) atoms. The maximum Gasteiger partial charge on any atom is 0.326 e. The molecule has 3 N–H and O–H groups in total. The second-order valence-corrected chi connectivity index (χ2v) is 4.32. The fourth-order valence-corrected chi connectivity index (χ4v) is 1.88. The maximum absolute atomic E-state index is 11.9. The van der Waals surface area contributed by atoms with Crippen LogP contribution in [0.1, 0.15) is 16.8 Å². The molecule has 0 spiro atoms. The van der Waals surface area contributed by atoms with Gasteiger partial charge in [-0.2, -0.15) is 0 Å². The fraction of sp³-hybridized carbons (Fsp3) is 0.273. The predicted molar refractivity (Wildman–Crippen MR) is 67.2 cm³/mol. The van der Waals surface area contributed by atoms with Crippen molar-refractivity contribution in [2.75, 3.05) is 6.26 Å². The molecule has 0 aliphatic carbocycles. The first-order chi connectivity index (χ1) is 8.95. The Morgan fingerprint density at radius 1 is 1.42 bits per heavy atom. The minimum absolute atomic E-state index is 0.214. The van der Waals surface area contributed by atoms with Gasteiger partial charge in [-0.3, -0.25) is 9.59 Å². The number of rotatable bonds is 6. The Morgan fingerprint density at radius 2 is 2.11 bits per heavy atom. The van der Waals surface area contributed by atoms with E-state index >= 15 is 0 Å². The second kappa shape index (κ2) is 6.74. The molecule has 0 saturated carbocycles. The Bertz CT molecular complexity index is 506. The number of amides is 1. The highest BCUT2D eigenvalue weighted by Crippen LogP contribution is 2.16. The molecule has 1 heterocycles. The topological polar surface area (TPSA) is 117 Å². The molecule has 1 unspecified atom stereocenters. The average molecular weight is 284 g/mol. The van der Waals surface area contributed by atoms with Crippen LogP contribution in [-0.4, -0.2) is 45.3 Å². The summed E-state index contributed by atoms with van der Waals surface area (Å²) in [6.07, 6.45) is 2.55. The molecular formula is C11H12N2O5S. The van der Waals surface area contributed by atoms with Crippen LogP contribution in [0.2, 0.25) is 0 Å². The third-order valence-electron chi connectivity index (χ3n) is 2.19. The van der Waals surface area contributed by atoms with Gasteiger partial charge in [-0.15, -0.1) is 11.8 Å². The number of pyridine rings is 1. The van der Waals surface area contributed by atoms with E-state index in [2.05, 4.69) is 10.3 Å². The maximum atomic E-state index is 11.9. The summed E-state index contributed by atoms with van der Waals surface area (Å²) in [7, 11) is 0. The summed E-state index contributed by atoms with van der Waals surface area (Å²) in [5.74, 6) is -3.36. The molecule has 0 fully saturated rings. The summed E-state index contributed by atoms with van der Waals surface area (Å²) in [5, 5.41) is 20.0. The number of nitrogens with one attached hydrogen (secondary N) is 1. The first kappa shape index (κ1) is 15.0. The average Bonchev–Trinajstić information content (AvgIpc) is 2.37. The summed E-state index contributed by atoms with van der Waals surface area (Å²) < 4.78 is 0. The van der Waals surface area contributed by atoms with Crippen LogP contribution < -0.4 is 5.32 Å². The SMILES string of the molecule is CSc1ncccc1C(=O)NC(CC(=O)O)C(=O)O. The van der Waals surface area contributed by atoms with Gasteiger partial charge in [0.05, 0.1) is 12.0 Å². The van der Waals surface area contributed by atoms with Gasteiger partial charge in [0, 0.05) is 6.20 Å². The lowest BCUT2D eigenvalue weighted by Gasteiger charge is -2.13. The van der Waals surface area contributed by atoms with Crippen molar-refractivity contribution < 1.29 is 24.6 Å². The van der Waals surface area contributed by atoms with Gasteiger partial charge >= 0.3 is 11.9 Å². The quantitative estimate of drug-likeness (QED) is 0.650. The van der Waals surface area contributed by atoms with E-state index < -0.39 is 30.3 Å². The van der Waals surface area contributed by atoms with Crippen molar-refractivity contribution in [3.05, 3.63) is 23.9 Å². The molecule has 102 valence electrons. The molecule has 1 aromatic heterocycles. The fourth-order valence-electron chi connectivity index (χ4n) is 1.34. The van der Waals surface area contributed by atoms with Crippen molar-refractivity contribution in [2.45, 2.75) is 17.5 Å². The molecule has 1 aromatic rings. The van der Waals surface area contributed by atoms with Crippen molar-refractivity contribution >= 4 is 29.6 Å². The molecule has 0 saturated heterocycles. The monoisotopic (exact) mass is 284 g/mol. The zero-order valence-electron chi connectivity index (χ0n) is 9.99. The number of nitrogens with zero attached hydrogens (tertiary/aromatic N) is 1. The van der Waals surface area contributed by atoms with Crippen molar-refractivity contribution in [3.8, 4) is 0 Å². The van der Waals surface area contributed by atoms with E-state index in [1.807, 2.05) is 0 Å². The summed E-state index contributed by atoms with van der Waals surface area (Å²) in [6.45, 7) is 0. The Morgan fingerprint density at radius 3 is 2.63 bits per heavy atom. The van der Waals surface area contributed by atoms with E-state index in [1.165, 1.54) is 24.0 Å². The van der Waals surface area contributed by atoms with Gasteiger partial charge in [0.25, 0.3) is 5.91 Å². The third kappa shape index (κ3) is 4.25. The molecule has 1 atom stereocenters. The minimum Gasteiger partial charge on any atom is -0.481 e. The van der Waals surface area contributed by atoms with Gasteiger partial charge in [-0.25, -0.2) is 9.78 Å². The molecule has 0 aromatic carbocycles. The number of carboxylic acid groups (broad SMARTS) is 2.